The largest absolute Gasteiger partial charge is 0.393 e. The average molecular weight is 269 g/mol. The molecular weight excluding hydrogens is 258 g/mol. The van der Waals surface area contributed by atoms with Crippen molar-refractivity contribution in [2.45, 2.75) is 11.7 Å². The van der Waals surface area contributed by atoms with E-state index in [4.69, 9.17) is 15.6 Å². The molecule has 0 spiro atoms. The fourth-order valence-corrected chi connectivity index (χ4v) is 2.77. The summed E-state index contributed by atoms with van der Waals surface area (Å²) in [6, 6.07) is 0. The van der Waals surface area contributed by atoms with Gasteiger partial charge in [0.05, 0.1) is 12.9 Å². The zero-order chi connectivity index (χ0) is 12.7. The standard InChI is InChI=1S/C9H11N5O3S/c10-9-12-7-6(8(16)13-9)11-3-14(7)4-2-18-5(1-15)17-4/h3-5,15H,1-2H2,(H3,10,12,13,16)/t4-,5-/m0/s1. The van der Waals surface area contributed by atoms with Crippen LogP contribution < -0.4 is 11.3 Å². The average Bonchev–Trinajstić information content (AvgIpc) is 2.93. The highest BCUT2D eigenvalue weighted by molar-refractivity contribution is 8.00. The van der Waals surface area contributed by atoms with Crippen LogP contribution in [0.15, 0.2) is 11.1 Å². The van der Waals surface area contributed by atoms with Crippen molar-refractivity contribution in [3.63, 3.8) is 0 Å². The molecule has 3 rings (SSSR count). The van der Waals surface area contributed by atoms with Crippen molar-refractivity contribution in [2.24, 2.45) is 0 Å². The van der Waals surface area contributed by atoms with E-state index in [9.17, 15) is 4.79 Å². The molecular formula is C9H11N5O3S. The third kappa shape index (κ3) is 1.76. The van der Waals surface area contributed by atoms with Crippen LogP contribution in [0.2, 0.25) is 0 Å². The molecule has 1 aliphatic heterocycles. The Morgan fingerprint density at radius 3 is 3.28 bits per heavy atom. The predicted molar refractivity (Wildman–Crippen MR) is 66.0 cm³/mol. The number of nitrogen functional groups attached to an aromatic ring is 1. The Morgan fingerprint density at radius 1 is 1.72 bits per heavy atom. The summed E-state index contributed by atoms with van der Waals surface area (Å²) in [5, 5.41) is 9.02. The Hall–Kier alpha value is -1.58. The van der Waals surface area contributed by atoms with E-state index in [1.165, 1.54) is 18.1 Å². The van der Waals surface area contributed by atoms with Crippen molar-refractivity contribution in [1.82, 2.24) is 19.5 Å². The lowest BCUT2D eigenvalue weighted by molar-refractivity contribution is -0.00190. The summed E-state index contributed by atoms with van der Waals surface area (Å²) in [5.41, 5.74) is 5.50. The van der Waals surface area contributed by atoms with Gasteiger partial charge in [-0.1, -0.05) is 0 Å². The van der Waals surface area contributed by atoms with Gasteiger partial charge in [0, 0.05) is 5.75 Å². The van der Waals surface area contributed by atoms with Crippen LogP contribution in [0.5, 0.6) is 0 Å². The minimum absolute atomic E-state index is 0.0404. The fourth-order valence-electron chi connectivity index (χ4n) is 1.84. The van der Waals surface area contributed by atoms with Gasteiger partial charge in [-0.2, -0.15) is 4.98 Å². The second kappa shape index (κ2) is 4.26. The van der Waals surface area contributed by atoms with E-state index in [0.29, 0.717) is 11.4 Å². The number of fused-ring (bicyclic) bond motifs is 1. The molecule has 0 amide bonds. The SMILES string of the molecule is Nc1nc2c(ncn2[C@@H]2CS[C@@H](CO)O2)c(=O)[nH]1. The van der Waals surface area contributed by atoms with Gasteiger partial charge in [0.1, 0.15) is 11.7 Å². The summed E-state index contributed by atoms with van der Waals surface area (Å²) >= 11 is 1.50. The lowest BCUT2D eigenvalue weighted by Gasteiger charge is -2.12. The van der Waals surface area contributed by atoms with Gasteiger partial charge >= 0.3 is 0 Å². The van der Waals surface area contributed by atoms with E-state index in [0.717, 1.165) is 0 Å². The fraction of sp³-hybridized carbons (Fsp3) is 0.444. The van der Waals surface area contributed by atoms with Crippen molar-refractivity contribution in [1.29, 1.82) is 0 Å². The molecule has 0 unspecified atom stereocenters. The van der Waals surface area contributed by atoms with Crippen LogP contribution in [-0.4, -0.2) is 42.4 Å². The summed E-state index contributed by atoms with van der Waals surface area (Å²) in [4.78, 5) is 22.1. The number of H-pyrrole nitrogens is 1. The molecule has 0 saturated carbocycles. The molecule has 8 nitrogen and oxygen atoms in total. The molecule has 2 atom stereocenters. The summed E-state index contributed by atoms with van der Waals surface area (Å²) in [6.07, 6.45) is 1.20. The van der Waals surface area contributed by atoms with E-state index >= 15 is 0 Å². The van der Waals surface area contributed by atoms with Gasteiger partial charge < -0.3 is 15.6 Å². The topological polar surface area (TPSA) is 119 Å². The first-order chi connectivity index (χ1) is 8.69. The number of nitrogens with two attached hydrogens (primary N) is 1. The zero-order valence-corrected chi connectivity index (χ0v) is 10.1. The summed E-state index contributed by atoms with van der Waals surface area (Å²) in [5.74, 6) is 0.698. The van der Waals surface area contributed by atoms with Crippen molar-refractivity contribution < 1.29 is 9.84 Å². The van der Waals surface area contributed by atoms with Crippen LogP contribution in [0.25, 0.3) is 11.2 Å². The highest BCUT2D eigenvalue weighted by Crippen LogP contribution is 2.32. The number of aromatic amines is 1. The maximum atomic E-state index is 11.6. The van der Waals surface area contributed by atoms with Gasteiger partial charge in [0.15, 0.2) is 11.2 Å². The second-order valence-corrected chi connectivity index (χ2v) is 5.00. The molecule has 1 aliphatic rings. The van der Waals surface area contributed by atoms with Crippen molar-refractivity contribution in [3.8, 4) is 0 Å². The number of hydrogen-bond acceptors (Lipinski definition) is 7. The summed E-state index contributed by atoms with van der Waals surface area (Å²) in [7, 11) is 0. The molecule has 9 heteroatoms. The molecule has 0 aromatic carbocycles. The Labute approximate surface area is 105 Å². The monoisotopic (exact) mass is 269 g/mol. The third-order valence-corrected chi connectivity index (χ3v) is 3.75. The maximum absolute atomic E-state index is 11.6. The molecule has 18 heavy (non-hydrogen) atoms. The number of ether oxygens (including phenoxy) is 1. The van der Waals surface area contributed by atoms with Crippen molar-refractivity contribution in [3.05, 3.63) is 16.7 Å². The lowest BCUT2D eigenvalue weighted by Crippen LogP contribution is -2.16. The molecule has 0 bridgehead atoms. The molecule has 2 aromatic heterocycles. The Morgan fingerprint density at radius 2 is 2.56 bits per heavy atom. The smallest absolute Gasteiger partial charge is 0.280 e. The van der Waals surface area contributed by atoms with E-state index < -0.39 is 0 Å². The number of hydrogen-bond donors (Lipinski definition) is 3. The van der Waals surface area contributed by atoms with Crippen LogP contribution in [-0.2, 0) is 4.74 Å². The van der Waals surface area contributed by atoms with E-state index in [1.54, 1.807) is 4.57 Å². The normalized spacial score (nSPS) is 23.8. The highest BCUT2D eigenvalue weighted by Gasteiger charge is 2.28. The number of thioether (sulfide) groups is 1. The molecule has 2 aromatic rings. The number of aromatic nitrogens is 4. The minimum Gasteiger partial charge on any atom is -0.393 e. The first-order valence-corrected chi connectivity index (χ1v) is 6.34. The van der Waals surface area contributed by atoms with E-state index in [2.05, 4.69) is 15.0 Å². The first-order valence-electron chi connectivity index (χ1n) is 5.29. The van der Waals surface area contributed by atoms with Gasteiger partial charge in [-0.25, -0.2) is 4.98 Å². The maximum Gasteiger partial charge on any atom is 0.280 e. The van der Waals surface area contributed by atoms with Crippen LogP contribution in [0, 0.1) is 0 Å². The number of anilines is 1. The zero-order valence-electron chi connectivity index (χ0n) is 9.24. The predicted octanol–water partition coefficient (Wildman–Crippen LogP) is -0.718. The van der Waals surface area contributed by atoms with Gasteiger partial charge in [0.2, 0.25) is 5.95 Å². The summed E-state index contributed by atoms with van der Waals surface area (Å²) < 4.78 is 7.24. The Kier molecular flexibility index (Phi) is 2.73. The number of nitrogens with zero attached hydrogens (tertiary/aromatic N) is 3. The number of rotatable bonds is 2. The molecule has 4 N–H and O–H groups in total. The third-order valence-electron chi connectivity index (χ3n) is 2.64. The quantitative estimate of drug-likeness (QED) is 0.658. The number of nitrogens with one attached hydrogen (secondary N) is 1. The number of imidazole rings is 1. The van der Waals surface area contributed by atoms with Crippen LogP contribution in [0.1, 0.15) is 6.23 Å². The number of aliphatic hydroxyl groups excluding tert-OH is 1. The summed E-state index contributed by atoms with van der Waals surface area (Å²) in [6.45, 7) is -0.0516. The highest BCUT2D eigenvalue weighted by atomic mass is 32.2. The van der Waals surface area contributed by atoms with E-state index in [-0.39, 0.29) is 35.3 Å². The minimum atomic E-state index is -0.374. The molecule has 0 aliphatic carbocycles. The molecule has 96 valence electrons. The molecule has 3 heterocycles. The van der Waals surface area contributed by atoms with Gasteiger partial charge in [0.25, 0.3) is 5.56 Å². The molecule has 1 saturated heterocycles. The van der Waals surface area contributed by atoms with Crippen molar-refractivity contribution >= 4 is 28.9 Å². The first kappa shape index (κ1) is 11.5. The molecule has 1 fully saturated rings. The van der Waals surface area contributed by atoms with Gasteiger partial charge in [-0.3, -0.25) is 14.3 Å². The number of aliphatic hydroxyl groups is 1. The van der Waals surface area contributed by atoms with Gasteiger partial charge in [-0.15, -0.1) is 11.8 Å². The van der Waals surface area contributed by atoms with E-state index in [1.807, 2.05) is 0 Å². The van der Waals surface area contributed by atoms with Crippen LogP contribution in [0.4, 0.5) is 5.95 Å². The Balaban J connectivity index is 2.05. The van der Waals surface area contributed by atoms with Crippen LogP contribution >= 0.6 is 11.8 Å². The van der Waals surface area contributed by atoms with Gasteiger partial charge in [-0.05, 0) is 0 Å². The molecule has 0 radical (unpaired) electrons. The van der Waals surface area contributed by atoms with Crippen LogP contribution in [0.3, 0.4) is 0 Å². The second-order valence-electron chi connectivity index (χ2n) is 3.81. The Bertz CT molecular complexity index is 639. The van der Waals surface area contributed by atoms with Crippen molar-refractivity contribution in [2.75, 3.05) is 18.1 Å². The lowest BCUT2D eigenvalue weighted by atomic mass is 10.5.